The van der Waals surface area contributed by atoms with E-state index in [1.165, 1.54) is 5.56 Å². The van der Waals surface area contributed by atoms with Crippen molar-refractivity contribution in [3.05, 3.63) is 95.6 Å². The molecule has 0 heterocycles. The SMILES string of the molecule is CC[N+](CCSc1ccccc1C(=O)O)(CCSc1ccccc1C(=O)O)Cc1ccccc1. The van der Waals surface area contributed by atoms with E-state index in [4.69, 9.17) is 0 Å². The molecular formula is C27H30NO4S2+. The molecule has 0 fully saturated rings. The van der Waals surface area contributed by atoms with Gasteiger partial charge < -0.3 is 14.7 Å². The first-order chi connectivity index (χ1) is 16.4. The molecule has 3 aromatic carbocycles. The zero-order valence-corrected chi connectivity index (χ0v) is 20.9. The molecule has 0 unspecified atom stereocenters. The van der Waals surface area contributed by atoms with E-state index in [1.807, 2.05) is 30.3 Å². The average molecular weight is 497 g/mol. The molecule has 0 spiro atoms. The van der Waals surface area contributed by atoms with Crippen molar-refractivity contribution in [1.82, 2.24) is 0 Å². The summed E-state index contributed by atoms with van der Waals surface area (Å²) in [5.41, 5.74) is 1.94. The fraction of sp³-hybridized carbons (Fsp3) is 0.259. The number of carboxylic acid groups (broad SMARTS) is 2. The largest absolute Gasteiger partial charge is 0.478 e. The molecule has 178 valence electrons. The number of thioether (sulfide) groups is 2. The second kappa shape index (κ2) is 12.6. The van der Waals surface area contributed by atoms with E-state index in [9.17, 15) is 19.8 Å². The Morgan fingerprint density at radius 1 is 0.706 bits per heavy atom. The van der Waals surface area contributed by atoms with Gasteiger partial charge >= 0.3 is 11.9 Å². The van der Waals surface area contributed by atoms with Crippen LogP contribution in [0.15, 0.2) is 88.7 Å². The zero-order chi connectivity index (χ0) is 24.4. The van der Waals surface area contributed by atoms with Crippen LogP contribution in [0.4, 0.5) is 0 Å². The highest BCUT2D eigenvalue weighted by molar-refractivity contribution is 7.99. The minimum absolute atomic E-state index is 0.339. The molecule has 3 aromatic rings. The van der Waals surface area contributed by atoms with Crippen molar-refractivity contribution in [2.24, 2.45) is 0 Å². The lowest BCUT2D eigenvalue weighted by molar-refractivity contribution is -0.934. The Bertz CT molecular complexity index is 1040. The second-order valence-corrected chi connectivity index (χ2v) is 10.3. The average Bonchev–Trinajstić information content (AvgIpc) is 2.85. The quantitative estimate of drug-likeness (QED) is 0.223. The van der Waals surface area contributed by atoms with Gasteiger partial charge in [-0.15, -0.1) is 23.5 Å². The molecule has 0 bridgehead atoms. The topological polar surface area (TPSA) is 74.6 Å². The Kier molecular flexibility index (Phi) is 9.62. The number of nitrogens with zero attached hydrogens (tertiary/aromatic N) is 1. The molecule has 0 saturated carbocycles. The van der Waals surface area contributed by atoms with Crippen molar-refractivity contribution >= 4 is 35.5 Å². The lowest BCUT2D eigenvalue weighted by Crippen LogP contribution is -2.50. The molecule has 5 nitrogen and oxygen atoms in total. The van der Waals surface area contributed by atoms with Crippen LogP contribution in [-0.2, 0) is 6.54 Å². The molecule has 34 heavy (non-hydrogen) atoms. The van der Waals surface area contributed by atoms with Gasteiger partial charge in [0.2, 0.25) is 0 Å². The Morgan fingerprint density at radius 2 is 1.15 bits per heavy atom. The van der Waals surface area contributed by atoms with E-state index < -0.39 is 11.9 Å². The summed E-state index contributed by atoms with van der Waals surface area (Å²) in [7, 11) is 0. The molecule has 0 aliphatic carbocycles. The van der Waals surface area contributed by atoms with Gasteiger partial charge in [-0.1, -0.05) is 54.6 Å². The van der Waals surface area contributed by atoms with Gasteiger partial charge in [-0.3, -0.25) is 0 Å². The van der Waals surface area contributed by atoms with Crippen LogP contribution < -0.4 is 0 Å². The van der Waals surface area contributed by atoms with Gasteiger partial charge in [-0.25, -0.2) is 9.59 Å². The molecule has 0 aliphatic heterocycles. The van der Waals surface area contributed by atoms with Crippen LogP contribution in [-0.4, -0.2) is 57.8 Å². The molecule has 2 N–H and O–H groups in total. The summed E-state index contributed by atoms with van der Waals surface area (Å²) >= 11 is 3.17. The van der Waals surface area contributed by atoms with E-state index in [1.54, 1.807) is 47.8 Å². The van der Waals surface area contributed by atoms with Gasteiger partial charge in [0.15, 0.2) is 0 Å². The molecule has 0 radical (unpaired) electrons. The predicted molar refractivity (Wildman–Crippen MR) is 139 cm³/mol. The summed E-state index contributed by atoms with van der Waals surface area (Å²) in [4.78, 5) is 24.7. The second-order valence-electron chi connectivity index (χ2n) is 8.05. The van der Waals surface area contributed by atoms with Gasteiger partial charge in [0.05, 0.1) is 30.8 Å². The minimum Gasteiger partial charge on any atom is -0.478 e. The Morgan fingerprint density at radius 3 is 1.59 bits per heavy atom. The number of hydrogen-bond donors (Lipinski definition) is 2. The molecule has 0 aromatic heterocycles. The Hall–Kier alpha value is -2.74. The first kappa shape index (κ1) is 25.9. The summed E-state index contributed by atoms with van der Waals surface area (Å²) in [6.07, 6.45) is 0. The normalized spacial score (nSPS) is 11.3. The number of hydrogen-bond acceptors (Lipinski definition) is 4. The Labute approximate surface area is 209 Å². The lowest BCUT2D eigenvalue weighted by Gasteiger charge is -2.38. The fourth-order valence-corrected chi connectivity index (χ4v) is 6.27. The van der Waals surface area contributed by atoms with E-state index in [2.05, 4.69) is 31.2 Å². The number of carbonyl (C=O) groups is 2. The van der Waals surface area contributed by atoms with Crippen molar-refractivity contribution in [2.75, 3.05) is 31.1 Å². The third kappa shape index (κ3) is 7.13. The fourth-order valence-electron chi connectivity index (χ4n) is 3.91. The molecule has 0 atom stereocenters. The van der Waals surface area contributed by atoms with Crippen LogP contribution in [0, 0.1) is 0 Å². The summed E-state index contributed by atoms with van der Waals surface area (Å²) < 4.78 is 0.842. The minimum atomic E-state index is -0.905. The van der Waals surface area contributed by atoms with E-state index in [0.29, 0.717) is 11.1 Å². The third-order valence-corrected chi connectivity index (χ3v) is 8.02. The molecular weight excluding hydrogens is 466 g/mol. The van der Waals surface area contributed by atoms with Crippen molar-refractivity contribution in [1.29, 1.82) is 0 Å². The maximum atomic E-state index is 11.6. The van der Waals surface area contributed by atoms with Crippen LogP contribution in [0.3, 0.4) is 0 Å². The Balaban J connectivity index is 1.73. The van der Waals surface area contributed by atoms with Crippen LogP contribution in [0.1, 0.15) is 33.2 Å². The van der Waals surface area contributed by atoms with Crippen LogP contribution >= 0.6 is 23.5 Å². The van der Waals surface area contributed by atoms with Gasteiger partial charge in [0, 0.05) is 26.9 Å². The molecule has 3 rings (SSSR count). The van der Waals surface area contributed by atoms with E-state index in [0.717, 1.165) is 52.0 Å². The number of rotatable bonds is 13. The first-order valence-electron chi connectivity index (χ1n) is 11.2. The van der Waals surface area contributed by atoms with Crippen molar-refractivity contribution in [3.8, 4) is 0 Å². The highest BCUT2D eigenvalue weighted by atomic mass is 32.2. The number of aromatic carboxylic acids is 2. The van der Waals surface area contributed by atoms with E-state index >= 15 is 0 Å². The lowest BCUT2D eigenvalue weighted by atomic mass is 10.2. The highest BCUT2D eigenvalue weighted by Crippen LogP contribution is 2.27. The van der Waals surface area contributed by atoms with E-state index in [-0.39, 0.29) is 0 Å². The first-order valence-corrected chi connectivity index (χ1v) is 13.2. The standard InChI is InChI=1S/C27H29NO4S2/c1-2-28(20-21-10-4-3-5-11-21,16-18-33-24-14-8-6-12-22(24)26(29)30)17-19-34-25-15-9-7-13-23(25)27(31)32/h3-15H,2,16-20H2,1H3,(H-,29,30,31,32)/p+1. The predicted octanol–water partition coefficient (Wildman–Crippen LogP) is 6.00. The molecule has 0 saturated heterocycles. The van der Waals surface area contributed by atoms with Crippen LogP contribution in [0.2, 0.25) is 0 Å². The van der Waals surface area contributed by atoms with Gasteiger partial charge in [-0.2, -0.15) is 0 Å². The van der Waals surface area contributed by atoms with Crippen molar-refractivity contribution in [2.45, 2.75) is 23.3 Å². The third-order valence-electron chi connectivity index (χ3n) is 5.91. The van der Waals surface area contributed by atoms with Gasteiger partial charge in [0.25, 0.3) is 0 Å². The highest BCUT2D eigenvalue weighted by Gasteiger charge is 2.26. The summed E-state index contributed by atoms with van der Waals surface area (Å²) in [5, 5.41) is 19.0. The summed E-state index contributed by atoms with van der Waals surface area (Å²) in [6.45, 7) is 5.75. The smallest absolute Gasteiger partial charge is 0.336 e. The summed E-state index contributed by atoms with van der Waals surface area (Å²) in [5.74, 6) is -0.225. The van der Waals surface area contributed by atoms with Crippen LogP contribution in [0.25, 0.3) is 0 Å². The van der Waals surface area contributed by atoms with Crippen molar-refractivity contribution in [3.63, 3.8) is 0 Å². The zero-order valence-electron chi connectivity index (χ0n) is 19.2. The molecule has 7 heteroatoms. The van der Waals surface area contributed by atoms with Crippen molar-refractivity contribution < 1.29 is 24.3 Å². The van der Waals surface area contributed by atoms with Gasteiger partial charge in [-0.05, 0) is 31.2 Å². The molecule has 0 amide bonds. The monoisotopic (exact) mass is 496 g/mol. The van der Waals surface area contributed by atoms with Gasteiger partial charge in [0.1, 0.15) is 6.54 Å². The summed E-state index contributed by atoms with van der Waals surface area (Å²) in [6, 6.07) is 24.7. The number of quaternary nitrogens is 1. The maximum Gasteiger partial charge on any atom is 0.336 e. The number of benzene rings is 3. The van der Waals surface area contributed by atoms with Crippen LogP contribution in [0.5, 0.6) is 0 Å². The molecule has 0 aliphatic rings. The number of carboxylic acids is 2. The maximum absolute atomic E-state index is 11.6.